The minimum absolute atomic E-state index is 0.0210. The molecular formula is C57H60N4O. The van der Waals surface area contributed by atoms with Crippen molar-refractivity contribution in [3.63, 3.8) is 0 Å². The summed E-state index contributed by atoms with van der Waals surface area (Å²) in [6, 6.07) is 53.0. The molecule has 314 valence electrons. The fourth-order valence-corrected chi connectivity index (χ4v) is 8.87. The summed E-state index contributed by atoms with van der Waals surface area (Å²) in [6.45, 7) is 25.9. The van der Waals surface area contributed by atoms with Gasteiger partial charge in [0, 0.05) is 45.9 Å². The largest absolute Gasteiger partial charge is 0.457 e. The Morgan fingerprint density at radius 3 is 1.66 bits per heavy atom. The minimum atomic E-state index is -0.199. The van der Waals surface area contributed by atoms with Gasteiger partial charge in [0.05, 0.1) is 22.4 Å². The van der Waals surface area contributed by atoms with Crippen LogP contribution >= 0.6 is 0 Å². The Morgan fingerprint density at radius 1 is 0.435 bits per heavy atom. The van der Waals surface area contributed by atoms with Gasteiger partial charge < -0.3 is 14.5 Å². The molecule has 0 saturated carbocycles. The van der Waals surface area contributed by atoms with Crippen molar-refractivity contribution in [2.75, 3.05) is 16.5 Å². The summed E-state index contributed by atoms with van der Waals surface area (Å²) in [4.78, 5) is 9.86. The zero-order valence-corrected chi connectivity index (χ0v) is 38.3. The number of fused-ring (bicyclic) bond motifs is 4. The molecule has 0 radical (unpaired) electrons. The molecule has 1 aliphatic rings. The normalized spacial score (nSPS) is 13.6. The summed E-state index contributed by atoms with van der Waals surface area (Å²) in [6.07, 6.45) is 1.94. The zero-order chi connectivity index (χ0) is 43.8. The molecule has 8 aromatic rings. The number of aromatic nitrogens is 2. The molecule has 0 saturated heterocycles. The topological polar surface area (TPSA) is 33.5 Å². The third kappa shape index (κ3) is 7.52. The van der Waals surface area contributed by atoms with Crippen LogP contribution in [0.25, 0.3) is 27.6 Å². The highest BCUT2D eigenvalue weighted by atomic mass is 16.5. The van der Waals surface area contributed by atoms with E-state index in [1.54, 1.807) is 0 Å². The van der Waals surface area contributed by atoms with Crippen molar-refractivity contribution < 1.29 is 4.74 Å². The maximum atomic E-state index is 6.82. The molecule has 1 aliphatic heterocycles. The molecule has 0 bridgehead atoms. The lowest BCUT2D eigenvalue weighted by molar-refractivity contribution is 0.483. The summed E-state index contributed by atoms with van der Waals surface area (Å²) < 4.78 is 9.14. The molecule has 9 rings (SSSR count). The third-order valence-electron chi connectivity index (χ3n) is 12.9. The van der Waals surface area contributed by atoms with Gasteiger partial charge in [0.15, 0.2) is 0 Å². The van der Waals surface area contributed by atoms with Gasteiger partial charge in [-0.3, -0.25) is 4.57 Å². The van der Waals surface area contributed by atoms with Gasteiger partial charge >= 0.3 is 0 Å². The van der Waals surface area contributed by atoms with E-state index in [2.05, 4.69) is 236 Å². The first-order valence-corrected chi connectivity index (χ1v) is 22.1. The zero-order valence-electron chi connectivity index (χ0n) is 38.3. The summed E-state index contributed by atoms with van der Waals surface area (Å²) in [7, 11) is 0. The standard InChI is InChI=1S/C57H60N4O/c1-54(2,3)39-28-29-58-53(34-39)61-51-33-40(57(10,11)38-18-13-12-14-19-38)24-26-47(51)48-27-25-46(36-52(48)61)62-45-21-17-20-43(35-45)59-37-60(50-23-16-15-22-49(50)59)44-31-41(55(4,5)6)30-42(32-44)56(7,8)9/h12-36H,37H2,1-11H3. The van der Waals surface area contributed by atoms with E-state index in [1.165, 1.54) is 50.3 Å². The Balaban J connectivity index is 1.10. The van der Waals surface area contributed by atoms with Crippen LogP contribution in [-0.4, -0.2) is 16.2 Å². The van der Waals surface area contributed by atoms with Crippen LogP contribution in [0.4, 0.5) is 22.7 Å². The molecule has 0 aliphatic carbocycles. The second-order valence-corrected chi connectivity index (χ2v) is 20.7. The lowest BCUT2D eigenvalue weighted by Gasteiger charge is -2.29. The summed E-state index contributed by atoms with van der Waals surface area (Å²) in [5.41, 5.74) is 13.1. The molecule has 6 aromatic carbocycles. The first-order chi connectivity index (χ1) is 29.4. The SMILES string of the molecule is CC(C)(C)c1cc(N2CN(c3cccc(Oc4ccc5c6ccc(C(C)(C)c7ccccc7)cc6n(-c6cc(C(C)(C)C)ccn6)c5c4)c3)c3ccccc32)cc(C(C)(C)C)c1. The van der Waals surface area contributed by atoms with E-state index >= 15 is 0 Å². The third-order valence-corrected chi connectivity index (χ3v) is 12.9. The van der Waals surface area contributed by atoms with E-state index in [-0.39, 0.29) is 21.7 Å². The number of benzene rings is 6. The number of ether oxygens (including phenoxy) is 1. The van der Waals surface area contributed by atoms with Gasteiger partial charge in [-0.2, -0.15) is 0 Å². The van der Waals surface area contributed by atoms with Crippen LogP contribution in [0.2, 0.25) is 0 Å². The first kappa shape index (κ1) is 41.0. The number of hydrogen-bond donors (Lipinski definition) is 0. The maximum absolute atomic E-state index is 6.82. The van der Waals surface area contributed by atoms with Gasteiger partial charge in [-0.05, 0) is 111 Å². The molecule has 0 unspecified atom stereocenters. The van der Waals surface area contributed by atoms with E-state index < -0.39 is 0 Å². The fourth-order valence-electron chi connectivity index (χ4n) is 8.87. The van der Waals surface area contributed by atoms with E-state index in [1.807, 2.05) is 6.20 Å². The number of anilines is 4. The van der Waals surface area contributed by atoms with Gasteiger partial charge in [-0.25, -0.2) is 4.98 Å². The minimum Gasteiger partial charge on any atom is -0.457 e. The molecule has 62 heavy (non-hydrogen) atoms. The van der Waals surface area contributed by atoms with Crippen LogP contribution < -0.4 is 14.5 Å². The van der Waals surface area contributed by atoms with Crippen molar-refractivity contribution in [2.24, 2.45) is 0 Å². The van der Waals surface area contributed by atoms with Crippen LogP contribution in [0.1, 0.15) is 104 Å². The van der Waals surface area contributed by atoms with Crippen LogP contribution in [-0.2, 0) is 21.7 Å². The average Bonchev–Trinajstić information content (AvgIpc) is 3.79. The Morgan fingerprint density at radius 2 is 1.02 bits per heavy atom. The highest BCUT2D eigenvalue weighted by Gasteiger charge is 2.31. The van der Waals surface area contributed by atoms with Gasteiger partial charge in [-0.15, -0.1) is 0 Å². The van der Waals surface area contributed by atoms with E-state index in [0.717, 1.165) is 39.4 Å². The maximum Gasteiger partial charge on any atom is 0.137 e. The molecule has 3 heterocycles. The van der Waals surface area contributed by atoms with E-state index in [0.29, 0.717) is 6.67 Å². The monoisotopic (exact) mass is 816 g/mol. The van der Waals surface area contributed by atoms with Gasteiger partial charge in [0.25, 0.3) is 0 Å². The number of nitrogens with zero attached hydrogens (tertiary/aromatic N) is 4. The Bertz CT molecular complexity index is 2920. The Kier molecular flexibility index (Phi) is 9.89. The van der Waals surface area contributed by atoms with Gasteiger partial charge in [0.2, 0.25) is 0 Å². The predicted octanol–water partition coefficient (Wildman–Crippen LogP) is 15.4. The first-order valence-electron chi connectivity index (χ1n) is 22.1. The van der Waals surface area contributed by atoms with E-state index in [4.69, 9.17) is 9.72 Å². The second-order valence-electron chi connectivity index (χ2n) is 20.7. The predicted molar refractivity (Wildman–Crippen MR) is 262 cm³/mol. The molecular weight excluding hydrogens is 757 g/mol. The van der Waals surface area contributed by atoms with Gasteiger partial charge in [-0.1, -0.05) is 143 Å². The number of pyridine rings is 1. The fraction of sp³-hybridized carbons (Fsp3) is 0.281. The molecule has 0 atom stereocenters. The quantitative estimate of drug-likeness (QED) is 0.160. The molecule has 0 amide bonds. The summed E-state index contributed by atoms with van der Waals surface area (Å²) in [5, 5.41) is 2.34. The number of para-hydroxylation sites is 2. The molecule has 0 spiro atoms. The lowest BCUT2D eigenvalue weighted by Crippen LogP contribution is -2.25. The van der Waals surface area contributed by atoms with Crippen molar-refractivity contribution in [2.45, 2.75) is 97.8 Å². The van der Waals surface area contributed by atoms with Crippen LogP contribution in [0.5, 0.6) is 11.5 Å². The summed E-state index contributed by atoms with van der Waals surface area (Å²) in [5.74, 6) is 2.45. The molecule has 5 nitrogen and oxygen atoms in total. The second kappa shape index (κ2) is 14.9. The smallest absolute Gasteiger partial charge is 0.137 e. The highest BCUT2D eigenvalue weighted by molar-refractivity contribution is 6.09. The number of rotatable bonds is 7. The van der Waals surface area contributed by atoms with Crippen LogP contribution in [0.15, 0.2) is 152 Å². The van der Waals surface area contributed by atoms with Crippen molar-refractivity contribution >= 4 is 44.6 Å². The lowest BCUT2D eigenvalue weighted by atomic mass is 9.78. The average molecular weight is 817 g/mol. The van der Waals surface area contributed by atoms with Crippen molar-refractivity contribution in [3.8, 4) is 17.3 Å². The van der Waals surface area contributed by atoms with E-state index in [9.17, 15) is 0 Å². The van der Waals surface area contributed by atoms with Crippen molar-refractivity contribution in [1.29, 1.82) is 0 Å². The Hall–Kier alpha value is -6.33. The van der Waals surface area contributed by atoms with Crippen LogP contribution in [0.3, 0.4) is 0 Å². The highest BCUT2D eigenvalue weighted by Crippen LogP contribution is 2.47. The molecule has 0 fully saturated rings. The summed E-state index contributed by atoms with van der Waals surface area (Å²) >= 11 is 0. The van der Waals surface area contributed by atoms with Crippen LogP contribution in [0, 0.1) is 0 Å². The van der Waals surface area contributed by atoms with Crippen molar-refractivity contribution in [1.82, 2.24) is 9.55 Å². The Labute approximate surface area is 368 Å². The molecule has 5 heteroatoms. The molecule has 2 aromatic heterocycles. The molecule has 0 N–H and O–H groups in total. The van der Waals surface area contributed by atoms with Crippen molar-refractivity contribution in [3.05, 3.63) is 180 Å². The number of hydrogen-bond acceptors (Lipinski definition) is 4. The van der Waals surface area contributed by atoms with Gasteiger partial charge in [0.1, 0.15) is 24.0 Å².